The largest absolute Gasteiger partial charge is 0.743 e. The number of rotatable bonds is 4. The van der Waals surface area contributed by atoms with Gasteiger partial charge in [0, 0.05) is 0 Å². The van der Waals surface area contributed by atoms with Crippen LogP contribution in [0.25, 0.3) is 0 Å². The Kier molecular flexibility index (Phi) is 8.77. The summed E-state index contributed by atoms with van der Waals surface area (Å²) in [7, 11) is -6.66. The van der Waals surface area contributed by atoms with E-state index in [0.29, 0.717) is 0 Å². The summed E-state index contributed by atoms with van der Waals surface area (Å²) in [5.41, 5.74) is 1.67. The Hall–Kier alpha value is -1.34. The van der Waals surface area contributed by atoms with Gasteiger partial charge < -0.3 is 4.55 Å². The van der Waals surface area contributed by atoms with Crippen LogP contribution in [0.15, 0.2) is 54.6 Å². The van der Waals surface area contributed by atoms with Gasteiger partial charge in [-0.05, 0) is 35.2 Å². The number of hydrogen-bond acceptors (Lipinski definition) is 3. The molecule has 3 nitrogen and oxygen atoms in total. The zero-order valence-electron chi connectivity index (χ0n) is 16.1. The molecule has 0 radical (unpaired) electrons. The molecular formula is C19H19F6IO3S. The first-order chi connectivity index (χ1) is 13.5. The van der Waals surface area contributed by atoms with Crippen LogP contribution in [0.1, 0.15) is 26.3 Å². The van der Waals surface area contributed by atoms with Gasteiger partial charge in [-0.3, -0.25) is 0 Å². The molecule has 0 aliphatic heterocycles. The van der Waals surface area contributed by atoms with Crippen molar-refractivity contribution < 1.29 is 60.5 Å². The summed E-state index contributed by atoms with van der Waals surface area (Å²) in [5.74, 6) is 0. The Morgan fingerprint density at radius 1 is 0.833 bits per heavy atom. The molecule has 1 unspecified atom stereocenters. The van der Waals surface area contributed by atoms with E-state index in [2.05, 4.69) is 75.4 Å². The van der Waals surface area contributed by atoms with E-state index in [1.165, 1.54) is 12.7 Å². The molecule has 0 fully saturated rings. The second-order valence-electron chi connectivity index (χ2n) is 7.07. The Bertz CT molecular complexity index is 908. The lowest BCUT2D eigenvalue weighted by Crippen LogP contribution is -3.61. The van der Waals surface area contributed by atoms with Crippen molar-refractivity contribution in [3.63, 3.8) is 0 Å². The van der Waals surface area contributed by atoms with Gasteiger partial charge in [0.15, 0.2) is 17.3 Å². The van der Waals surface area contributed by atoms with Crippen LogP contribution < -0.4 is 21.2 Å². The SMILES string of the molecule is CC(C)(C)c1ccc([I+]c2ccccc2)cc1.O=S(=O)([O-])C(F)(F)C(F)C(F)(F)F. The molecule has 168 valence electrons. The average molecular weight is 568 g/mol. The highest BCUT2D eigenvalue weighted by Crippen LogP contribution is 2.37. The minimum atomic E-state index is -6.66. The van der Waals surface area contributed by atoms with Crippen LogP contribution in [-0.2, 0) is 15.5 Å². The van der Waals surface area contributed by atoms with E-state index in [-0.39, 0.29) is 26.6 Å². The van der Waals surface area contributed by atoms with Crippen molar-refractivity contribution in [1.82, 2.24) is 0 Å². The normalized spacial score (nSPS) is 13.9. The molecule has 1 atom stereocenters. The minimum absolute atomic E-state index is 0.0208. The maximum atomic E-state index is 11.8. The lowest BCUT2D eigenvalue weighted by molar-refractivity contribution is -0.597. The minimum Gasteiger partial charge on any atom is -0.743 e. The van der Waals surface area contributed by atoms with Crippen molar-refractivity contribution in [2.45, 2.75) is 43.8 Å². The number of benzene rings is 2. The molecule has 0 aliphatic carbocycles. The molecule has 0 bridgehead atoms. The zero-order chi connectivity index (χ0) is 23.4. The lowest BCUT2D eigenvalue weighted by atomic mass is 9.87. The molecule has 2 aromatic carbocycles. The maximum Gasteiger partial charge on any atom is 0.426 e. The van der Waals surface area contributed by atoms with Crippen molar-refractivity contribution in [2.24, 2.45) is 0 Å². The third kappa shape index (κ3) is 7.73. The second-order valence-corrected chi connectivity index (χ2v) is 11.6. The number of alkyl halides is 6. The summed E-state index contributed by atoms with van der Waals surface area (Å²) < 4.78 is 100. The average Bonchev–Trinajstić information content (AvgIpc) is 2.60. The molecule has 0 aromatic heterocycles. The monoisotopic (exact) mass is 568 g/mol. The van der Waals surface area contributed by atoms with Crippen LogP contribution in [0.5, 0.6) is 0 Å². The number of halogens is 7. The Labute approximate surface area is 181 Å². The van der Waals surface area contributed by atoms with Gasteiger partial charge in [0.25, 0.3) is 6.17 Å². The third-order valence-electron chi connectivity index (χ3n) is 3.58. The van der Waals surface area contributed by atoms with E-state index < -0.39 is 27.7 Å². The van der Waals surface area contributed by atoms with E-state index in [0.717, 1.165) is 0 Å². The molecule has 30 heavy (non-hydrogen) atoms. The van der Waals surface area contributed by atoms with Gasteiger partial charge in [-0.15, -0.1) is 0 Å². The van der Waals surface area contributed by atoms with E-state index >= 15 is 0 Å². The predicted molar refractivity (Wildman–Crippen MR) is 94.6 cm³/mol. The van der Waals surface area contributed by atoms with Crippen LogP contribution >= 0.6 is 0 Å². The standard InChI is InChI=1S/C16H18I.C3H2F6O3S/c1-16(2,3)13-9-11-15(12-10-13)17-14-7-5-4-6-8-14;4-1(2(5,6)7)3(8,9)13(10,11)12/h4-12H,1-3H3;1H,(H,10,11,12)/q+1;/p-1. The fourth-order valence-corrected chi connectivity index (χ4v) is 4.53. The fraction of sp³-hybridized carbons (Fsp3) is 0.368. The summed E-state index contributed by atoms with van der Waals surface area (Å²) in [6.45, 7) is 6.77. The lowest BCUT2D eigenvalue weighted by Gasteiger charge is -2.24. The summed E-state index contributed by atoms with van der Waals surface area (Å²) in [6.07, 6.45) is -11.1. The molecule has 0 amide bonds. The molecule has 0 heterocycles. The third-order valence-corrected chi connectivity index (χ3v) is 7.13. The summed E-state index contributed by atoms with van der Waals surface area (Å²) in [4.78, 5) is 0. The fourth-order valence-electron chi connectivity index (χ4n) is 1.93. The van der Waals surface area contributed by atoms with E-state index in [4.69, 9.17) is 0 Å². The molecular weight excluding hydrogens is 549 g/mol. The van der Waals surface area contributed by atoms with Gasteiger partial charge in [-0.1, -0.05) is 51.1 Å². The Balaban J connectivity index is 0.000000314. The number of hydrogen-bond donors (Lipinski definition) is 0. The van der Waals surface area contributed by atoms with Gasteiger partial charge >= 0.3 is 32.6 Å². The molecule has 0 N–H and O–H groups in total. The molecule has 0 saturated carbocycles. The summed E-state index contributed by atoms with van der Waals surface area (Å²) >= 11 is -0.0208. The van der Waals surface area contributed by atoms with Crippen LogP contribution in [0.3, 0.4) is 0 Å². The predicted octanol–water partition coefficient (Wildman–Crippen LogP) is 2.14. The zero-order valence-corrected chi connectivity index (χ0v) is 19.0. The van der Waals surface area contributed by atoms with Crippen molar-refractivity contribution in [1.29, 1.82) is 0 Å². The Morgan fingerprint density at radius 2 is 1.27 bits per heavy atom. The van der Waals surface area contributed by atoms with Crippen LogP contribution in [-0.4, -0.2) is 30.6 Å². The van der Waals surface area contributed by atoms with Crippen molar-refractivity contribution >= 4 is 10.1 Å². The van der Waals surface area contributed by atoms with Crippen molar-refractivity contribution in [2.75, 3.05) is 0 Å². The van der Waals surface area contributed by atoms with Gasteiger partial charge in [0.2, 0.25) is 0 Å². The van der Waals surface area contributed by atoms with Crippen LogP contribution in [0.4, 0.5) is 26.3 Å². The highest BCUT2D eigenvalue weighted by atomic mass is 127. The summed E-state index contributed by atoms with van der Waals surface area (Å²) in [5, 5.41) is -5.99. The van der Waals surface area contributed by atoms with E-state index in [1.54, 1.807) is 0 Å². The molecule has 2 aromatic rings. The van der Waals surface area contributed by atoms with Gasteiger partial charge in [0.1, 0.15) is 0 Å². The first-order valence-corrected chi connectivity index (χ1v) is 11.9. The molecule has 11 heteroatoms. The molecule has 2 rings (SSSR count). The van der Waals surface area contributed by atoms with E-state index in [1.807, 2.05) is 0 Å². The topological polar surface area (TPSA) is 57.2 Å². The van der Waals surface area contributed by atoms with Crippen molar-refractivity contribution in [3.05, 3.63) is 67.3 Å². The Morgan fingerprint density at radius 3 is 1.60 bits per heavy atom. The smallest absolute Gasteiger partial charge is 0.426 e. The first-order valence-electron chi connectivity index (χ1n) is 8.30. The molecule has 0 aliphatic rings. The second kappa shape index (κ2) is 9.86. The molecule has 0 spiro atoms. The van der Waals surface area contributed by atoms with E-state index in [9.17, 15) is 39.3 Å². The quantitative estimate of drug-likeness (QED) is 0.323. The van der Waals surface area contributed by atoms with Gasteiger partial charge in [-0.25, -0.2) is 12.8 Å². The van der Waals surface area contributed by atoms with Gasteiger partial charge in [-0.2, -0.15) is 22.0 Å². The van der Waals surface area contributed by atoms with Gasteiger partial charge in [0.05, 0.1) is 0 Å². The van der Waals surface area contributed by atoms with Crippen LogP contribution in [0.2, 0.25) is 0 Å². The highest BCUT2D eigenvalue weighted by molar-refractivity contribution is 7.86. The van der Waals surface area contributed by atoms with Crippen molar-refractivity contribution in [3.8, 4) is 0 Å². The highest BCUT2D eigenvalue weighted by Gasteiger charge is 2.61. The first kappa shape index (κ1) is 26.7. The summed E-state index contributed by atoms with van der Waals surface area (Å²) in [6, 6.07) is 19.9. The van der Waals surface area contributed by atoms with Crippen LogP contribution in [0, 0.1) is 7.14 Å². The molecule has 0 saturated heterocycles. The maximum absolute atomic E-state index is 11.8.